The van der Waals surface area contributed by atoms with Crippen LogP contribution in [0.1, 0.15) is 32.6 Å². The van der Waals surface area contributed by atoms with Crippen molar-refractivity contribution in [2.75, 3.05) is 26.2 Å². The van der Waals surface area contributed by atoms with Gasteiger partial charge in [-0.3, -0.25) is 4.90 Å². The van der Waals surface area contributed by atoms with E-state index in [4.69, 9.17) is 0 Å². The Morgan fingerprint density at radius 1 is 1.50 bits per heavy atom. The van der Waals surface area contributed by atoms with E-state index < -0.39 is 0 Å². The van der Waals surface area contributed by atoms with E-state index in [1.54, 1.807) is 0 Å². The van der Waals surface area contributed by atoms with E-state index in [0.717, 1.165) is 12.5 Å². The number of rotatable bonds is 7. The second-order valence-electron chi connectivity index (χ2n) is 4.11. The molecule has 1 aliphatic heterocycles. The topological polar surface area (TPSA) is 15.3 Å². The van der Waals surface area contributed by atoms with Crippen LogP contribution in [0.4, 0.5) is 0 Å². The summed E-state index contributed by atoms with van der Waals surface area (Å²) in [5.41, 5.74) is 0. The smallest absolute Gasteiger partial charge is 0.0232 e. The van der Waals surface area contributed by atoms with Gasteiger partial charge in [-0.05, 0) is 45.3 Å². The lowest BCUT2D eigenvalue weighted by Crippen LogP contribution is -2.38. The molecule has 1 unspecified atom stereocenters. The third-order valence-corrected chi connectivity index (χ3v) is 2.92. The van der Waals surface area contributed by atoms with Gasteiger partial charge in [0.2, 0.25) is 0 Å². The molecular formula is C12H24N2. The fourth-order valence-electron chi connectivity index (χ4n) is 2.15. The summed E-state index contributed by atoms with van der Waals surface area (Å²) in [6, 6.07) is 0.791. The van der Waals surface area contributed by atoms with Crippen molar-refractivity contribution in [3.63, 3.8) is 0 Å². The fraction of sp³-hybridized carbons (Fsp3) is 0.833. The zero-order valence-electron chi connectivity index (χ0n) is 9.47. The van der Waals surface area contributed by atoms with E-state index in [1.807, 2.05) is 6.08 Å². The molecule has 0 bridgehead atoms. The predicted octanol–water partition coefficient (Wildman–Crippen LogP) is 2.03. The zero-order chi connectivity index (χ0) is 10.2. The van der Waals surface area contributed by atoms with Gasteiger partial charge in [-0.1, -0.05) is 13.0 Å². The van der Waals surface area contributed by atoms with Crippen LogP contribution < -0.4 is 5.32 Å². The number of unbranched alkanes of at least 4 members (excludes halogenated alkanes) is 1. The largest absolute Gasteiger partial charge is 0.315 e. The van der Waals surface area contributed by atoms with Gasteiger partial charge < -0.3 is 5.32 Å². The van der Waals surface area contributed by atoms with Crippen molar-refractivity contribution in [3.05, 3.63) is 12.7 Å². The highest BCUT2D eigenvalue weighted by atomic mass is 15.2. The molecule has 82 valence electrons. The number of hydrogen-bond acceptors (Lipinski definition) is 2. The molecule has 0 spiro atoms. The second kappa shape index (κ2) is 7.02. The van der Waals surface area contributed by atoms with Crippen molar-refractivity contribution in [1.82, 2.24) is 10.2 Å². The SMILES string of the molecule is C=CCCCN(CCC)C1CCNC1. The van der Waals surface area contributed by atoms with Crippen LogP contribution in [0, 0.1) is 0 Å². The molecule has 1 rings (SSSR count). The molecule has 1 saturated heterocycles. The Morgan fingerprint density at radius 3 is 2.93 bits per heavy atom. The summed E-state index contributed by atoms with van der Waals surface area (Å²) in [7, 11) is 0. The lowest BCUT2D eigenvalue weighted by atomic mass is 10.2. The maximum Gasteiger partial charge on any atom is 0.0232 e. The van der Waals surface area contributed by atoms with E-state index >= 15 is 0 Å². The van der Waals surface area contributed by atoms with E-state index in [-0.39, 0.29) is 0 Å². The Hall–Kier alpha value is -0.340. The lowest BCUT2D eigenvalue weighted by molar-refractivity contribution is 0.206. The first kappa shape index (κ1) is 11.7. The first-order valence-electron chi connectivity index (χ1n) is 5.94. The quantitative estimate of drug-likeness (QED) is 0.495. The Bertz CT molecular complexity index is 150. The van der Waals surface area contributed by atoms with E-state index in [2.05, 4.69) is 23.7 Å². The Kier molecular flexibility index (Phi) is 5.88. The van der Waals surface area contributed by atoms with Gasteiger partial charge in [0.05, 0.1) is 0 Å². The molecule has 0 aliphatic carbocycles. The normalized spacial score (nSPS) is 21.7. The summed E-state index contributed by atoms with van der Waals surface area (Å²) in [5, 5.41) is 3.44. The fourth-order valence-corrected chi connectivity index (χ4v) is 2.15. The van der Waals surface area contributed by atoms with Crippen LogP contribution in [0.25, 0.3) is 0 Å². The first-order chi connectivity index (χ1) is 6.88. The average Bonchev–Trinajstić information content (AvgIpc) is 2.70. The minimum absolute atomic E-state index is 0.791. The number of nitrogens with one attached hydrogen (secondary N) is 1. The molecule has 1 atom stereocenters. The van der Waals surface area contributed by atoms with Crippen LogP contribution in [0.3, 0.4) is 0 Å². The summed E-state index contributed by atoms with van der Waals surface area (Å²) in [6.45, 7) is 10.9. The number of hydrogen-bond donors (Lipinski definition) is 1. The van der Waals surface area contributed by atoms with Gasteiger partial charge in [-0.15, -0.1) is 6.58 Å². The zero-order valence-corrected chi connectivity index (χ0v) is 9.47. The molecule has 1 heterocycles. The summed E-state index contributed by atoms with van der Waals surface area (Å²) >= 11 is 0. The van der Waals surface area contributed by atoms with Gasteiger partial charge >= 0.3 is 0 Å². The standard InChI is InChI=1S/C12H24N2/c1-3-5-6-10-14(9-4-2)12-7-8-13-11-12/h3,12-13H,1,4-11H2,2H3. The van der Waals surface area contributed by atoms with Crippen molar-refractivity contribution in [2.45, 2.75) is 38.6 Å². The molecular weight excluding hydrogens is 172 g/mol. The Labute approximate surface area is 88.4 Å². The molecule has 0 amide bonds. The van der Waals surface area contributed by atoms with Crippen molar-refractivity contribution in [3.8, 4) is 0 Å². The van der Waals surface area contributed by atoms with Gasteiger partial charge in [-0.25, -0.2) is 0 Å². The van der Waals surface area contributed by atoms with E-state index in [0.29, 0.717) is 0 Å². The van der Waals surface area contributed by atoms with Crippen molar-refractivity contribution in [1.29, 1.82) is 0 Å². The minimum Gasteiger partial charge on any atom is -0.315 e. The summed E-state index contributed by atoms with van der Waals surface area (Å²) in [5.74, 6) is 0. The third-order valence-electron chi connectivity index (χ3n) is 2.92. The van der Waals surface area contributed by atoms with Crippen LogP contribution in [-0.4, -0.2) is 37.1 Å². The van der Waals surface area contributed by atoms with Crippen molar-refractivity contribution >= 4 is 0 Å². The molecule has 14 heavy (non-hydrogen) atoms. The van der Waals surface area contributed by atoms with Crippen LogP contribution in [0.2, 0.25) is 0 Å². The molecule has 1 fully saturated rings. The first-order valence-corrected chi connectivity index (χ1v) is 5.94. The predicted molar refractivity (Wildman–Crippen MR) is 62.6 cm³/mol. The number of nitrogens with zero attached hydrogens (tertiary/aromatic N) is 1. The summed E-state index contributed by atoms with van der Waals surface area (Å²) in [6.07, 6.45) is 7.04. The van der Waals surface area contributed by atoms with Gasteiger partial charge in [0.1, 0.15) is 0 Å². The number of allylic oxidation sites excluding steroid dienone is 1. The highest BCUT2D eigenvalue weighted by molar-refractivity contribution is 4.81. The molecule has 0 aromatic carbocycles. The minimum atomic E-state index is 0.791. The van der Waals surface area contributed by atoms with E-state index in [9.17, 15) is 0 Å². The van der Waals surface area contributed by atoms with Crippen LogP contribution in [-0.2, 0) is 0 Å². The Balaban J connectivity index is 2.25. The van der Waals surface area contributed by atoms with Crippen LogP contribution in [0.5, 0.6) is 0 Å². The van der Waals surface area contributed by atoms with Gasteiger partial charge in [-0.2, -0.15) is 0 Å². The lowest BCUT2D eigenvalue weighted by Gasteiger charge is -2.27. The third kappa shape index (κ3) is 3.81. The molecule has 0 saturated carbocycles. The van der Waals surface area contributed by atoms with Crippen LogP contribution >= 0.6 is 0 Å². The highest BCUT2D eigenvalue weighted by Gasteiger charge is 2.20. The average molecular weight is 196 g/mol. The molecule has 2 nitrogen and oxygen atoms in total. The molecule has 0 aromatic rings. The summed E-state index contributed by atoms with van der Waals surface area (Å²) in [4.78, 5) is 2.64. The van der Waals surface area contributed by atoms with Gasteiger partial charge in [0.25, 0.3) is 0 Å². The van der Waals surface area contributed by atoms with E-state index in [1.165, 1.54) is 45.4 Å². The highest BCUT2D eigenvalue weighted by Crippen LogP contribution is 2.10. The van der Waals surface area contributed by atoms with Crippen molar-refractivity contribution in [2.24, 2.45) is 0 Å². The molecule has 1 aliphatic rings. The Morgan fingerprint density at radius 2 is 2.36 bits per heavy atom. The molecule has 1 N–H and O–H groups in total. The molecule has 0 radical (unpaired) electrons. The van der Waals surface area contributed by atoms with Gasteiger partial charge in [0.15, 0.2) is 0 Å². The maximum absolute atomic E-state index is 3.77. The van der Waals surface area contributed by atoms with Crippen molar-refractivity contribution < 1.29 is 0 Å². The second-order valence-corrected chi connectivity index (χ2v) is 4.11. The van der Waals surface area contributed by atoms with Gasteiger partial charge in [0, 0.05) is 12.6 Å². The molecule has 0 aromatic heterocycles. The summed E-state index contributed by atoms with van der Waals surface area (Å²) < 4.78 is 0. The van der Waals surface area contributed by atoms with Crippen LogP contribution in [0.15, 0.2) is 12.7 Å². The maximum atomic E-state index is 3.77. The monoisotopic (exact) mass is 196 g/mol. The molecule has 2 heteroatoms.